The highest BCUT2D eigenvalue weighted by Gasteiger charge is 2.40. The fraction of sp³-hybridized carbons (Fsp3) is 0.933. The molecule has 0 aliphatic heterocycles. The summed E-state index contributed by atoms with van der Waals surface area (Å²) < 4.78 is 0. The van der Waals surface area contributed by atoms with Gasteiger partial charge in [0.1, 0.15) is 0 Å². The zero-order valence-corrected chi connectivity index (χ0v) is 11.2. The molecule has 18 heavy (non-hydrogen) atoms. The molecular weight excluding hydrogens is 226 g/mol. The number of nitrogens with zero attached hydrogens (tertiary/aromatic N) is 1. The van der Waals surface area contributed by atoms with Crippen LogP contribution in [0.25, 0.3) is 0 Å². The van der Waals surface area contributed by atoms with Crippen molar-refractivity contribution in [2.24, 2.45) is 11.8 Å². The third-order valence-corrected chi connectivity index (χ3v) is 5.04. The van der Waals surface area contributed by atoms with Crippen LogP contribution in [0.5, 0.6) is 0 Å². The van der Waals surface area contributed by atoms with Crippen molar-refractivity contribution in [3.63, 3.8) is 0 Å². The van der Waals surface area contributed by atoms with Crippen molar-refractivity contribution in [1.29, 1.82) is 0 Å². The number of carboxylic acids is 1. The summed E-state index contributed by atoms with van der Waals surface area (Å²) in [5.41, 5.74) is 0. The van der Waals surface area contributed by atoms with Crippen LogP contribution < -0.4 is 0 Å². The Morgan fingerprint density at radius 1 is 1.00 bits per heavy atom. The van der Waals surface area contributed by atoms with Crippen LogP contribution in [0.15, 0.2) is 0 Å². The topological polar surface area (TPSA) is 40.5 Å². The molecule has 0 spiro atoms. The Morgan fingerprint density at radius 3 is 2.39 bits per heavy atom. The van der Waals surface area contributed by atoms with Crippen LogP contribution in [-0.4, -0.2) is 34.6 Å². The van der Waals surface area contributed by atoms with E-state index in [1.807, 2.05) is 0 Å². The molecule has 0 bridgehead atoms. The van der Waals surface area contributed by atoms with E-state index >= 15 is 0 Å². The second-order valence-corrected chi connectivity index (χ2v) is 6.53. The van der Waals surface area contributed by atoms with Gasteiger partial charge in [0.05, 0.1) is 6.42 Å². The maximum Gasteiger partial charge on any atom is 0.304 e. The maximum atomic E-state index is 10.8. The number of hydrogen-bond acceptors (Lipinski definition) is 2. The molecule has 2 atom stereocenters. The normalized spacial score (nSPS) is 32.7. The Bertz CT molecular complexity index is 310. The van der Waals surface area contributed by atoms with Crippen molar-refractivity contribution in [3.05, 3.63) is 0 Å². The minimum atomic E-state index is -0.643. The number of carbonyl (C=O) groups is 1. The summed E-state index contributed by atoms with van der Waals surface area (Å²) in [6, 6.07) is 1.41. The van der Waals surface area contributed by atoms with Gasteiger partial charge in [0.2, 0.25) is 0 Å². The molecule has 2 unspecified atom stereocenters. The molecule has 3 fully saturated rings. The molecule has 102 valence electrons. The Balaban J connectivity index is 1.56. The van der Waals surface area contributed by atoms with Gasteiger partial charge in [-0.15, -0.1) is 0 Å². The molecule has 0 saturated heterocycles. The smallest absolute Gasteiger partial charge is 0.304 e. The van der Waals surface area contributed by atoms with Crippen LogP contribution in [0.4, 0.5) is 0 Å². The van der Waals surface area contributed by atoms with Crippen molar-refractivity contribution in [1.82, 2.24) is 4.90 Å². The summed E-state index contributed by atoms with van der Waals surface area (Å²) in [6.07, 6.45) is 11.3. The number of hydrogen-bond donors (Lipinski definition) is 1. The third-order valence-electron chi connectivity index (χ3n) is 5.04. The van der Waals surface area contributed by atoms with E-state index in [0.29, 0.717) is 18.5 Å². The standard InChI is InChI=1S/C15H25NO2/c17-15(18)8-9-16(13-6-7-13)14-3-1-2-12(10-14)11-4-5-11/h11-14H,1-10H2,(H,17,18). The highest BCUT2D eigenvalue weighted by molar-refractivity contribution is 5.66. The monoisotopic (exact) mass is 251 g/mol. The molecule has 1 N–H and O–H groups in total. The Kier molecular flexibility index (Phi) is 3.60. The fourth-order valence-corrected chi connectivity index (χ4v) is 3.79. The van der Waals surface area contributed by atoms with Gasteiger partial charge in [0.25, 0.3) is 0 Å². The summed E-state index contributed by atoms with van der Waals surface area (Å²) in [4.78, 5) is 13.3. The molecule has 3 rings (SSSR count). The van der Waals surface area contributed by atoms with Crippen LogP contribution in [0.3, 0.4) is 0 Å². The summed E-state index contributed by atoms with van der Waals surface area (Å²) >= 11 is 0. The van der Waals surface area contributed by atoms with Crippen LogP contribution in [0.2, 0.25) is 0 Å². The zero-order chi connectivity index (χ0) is 12.5. The predicted octanol–water partition coefficient (Wildman–Crippen LogP) is 2.89. The van der Waals surface area contributed by atoms with Gasteiger partial charge in [-0.25, -0.2) is 0 Å². The van der Waals surface area contributed by atoms with E-state index in [0.717, 1.165) is 18.4 Å². The van der Waals surface area contributed by atoms with E-state index in [9.17, 15) is 4.79 Å². The Hall–Kier alpha value is -0.570. The summed E-state index contributed by atoms with van der Waals surface area (Å²) in [6.45, 7) is 0.780. The van der Waals surface area contributed by atoms with Crippen LogP contribution >= 0.6 is 0 Å². The molecule has 0 aromatic carbocycles. The molecule has 3 nitrogen and oxygen atoms in total. The van der Waals surface area contributed by atoms with Crippen molar-refractivity contribution < 1.29 is 9.90 Å². The summed E-state index contributed by atoms with van der Waals surface area (Å²) in [7, 11) is 0. The van der Waals surface area contributed by atoms with Crippen molar-refractivity contribution >= 4 is 5.97 Å². The summed E-state index contributed by atoms with van der Waals surface area (Å²) in [5, 5.41) is 8.89. The van der Waals surface area contributed by atoms with Crippen LogP contribution in [-0.2, 0) is 4.79 Å². The van der Waals surface area contributed by atoms with Gasteiger partial charge in [-0.05, 0) is 50.4 Å². The molecule has 3 heteroatoms. The molecule has 0 heterocycles. The lowest BCUT2D eigenvalue weighted by Gasteiger charge is -2.38. The minimum Gasteiger partial charge on any atom is -0.481 e. The van der Waals surface area contributed by atoms with Gasteiger partial charge in [-0.3, -0.25) is 9.69 Å². The van der Waals surface area contributed by atoms with Gasteiger partial charge in [-0.2, -0.15) is 0 Å². The van der Waals surface area contributed by atoms with E-state index in [2.05, 4.69) is 4.90 Å². The van der Waals surface area contributed by atoms with Gasteiger partial charge < -0.3 is 5.11 Å². The first-order valence-corrected chi connectivity index (χ1v) is 7.71. The fourth-order valence-electron chi connectivity index (χ4n) is 3.79. The second kappa shape index (κ2) is 5.20. The first kappa shape index (κ1) is 12.5. The Morgan fingerprint density at radius 2 is 1.78 bits per heavy atom. The van der Waals surface area contributed by atoms with Crippen molar-refractivity contribution in [3.8, 4) is 0 Å². The first-order valence-electron chi connectivity index (χ1n) is 7.71. The second-order valence-electron chi connectivity index (χ2n) is 6.53. The van der Waals surface area contributed by atoms with Crippen LogP contribution in [0.1, 0.15) is 57.8 Å². The lowest BCUT2D eigenvalue weighted by molar-refractivity contribution is -0.137. The molecule has 0 aromatic rings. The zero-order valence-electron chi connectivity index (χ0n) is 11.2. The van der Waals surface area contributed by atoms with Gasteiger partial charge in [-0.1, -0.05) is 12.8 Å². The van der Waals surface area contributed by atoms with E-state index in [-0.39, 0.29) is 0 Å². The van der Waals surface area contributed by atoms with Gasteiger partial charge >= 0.3 is 5.97 Å². The molecule has 0 aromatic heterocycles. The molecule has 3 aliphatic carbocycles. The van der Waals surface area contributed by atoms with Crippen molar-refractivity contribution in [2.45, 2.75) is 69.9 Å². The van der Waals surface area contributed by atoms with E-state index < -0.39 is 5.97 Å². The molecule has 0 amide bonds. The molecular formula is C15H25NO2. The molecule has 0 radical (unpaired) electrons. The van der Waals surface area contributed by atoms with E-state index in [4.69, 9.17) is 5.11 Å². The maximum absolute atomic E-state index is 10.8. The average Bonchev–Trinajstić information content (AvgIpc) is 3.22. The highest BCUT2D eigenvalue weighted by atomic mass is 16.4. The highest BCUT2D eigenvalue weighted by Crippen LogP contribution is 2.45. The number of rotatable bonds is 6. The minimum absolute atomic E-state index is 0.321. The number of aliphatic carboxylic acids is 1. The lowest BCUT2D eigenvalue weighted by atomic mass is 9.82. The first-order chi connectivity index (χ1) is 8.74. The number of carboxylic acid groups (broad SMARTS) is 1. The van der Waals surface area contributed by atoms with Crippen LogP contribution in [0, 0.1) is 11.8 Å². The van der Waals surface area contributed by atoms with Gasteiger partial charge in [0, 0.05) is 18.6 Å². The third kappa shape index (κ3) is 3.05. The molecule has 3 saturated carbocycles. The van der Waals surface area contributed by atoms with E-state index in [1.165, 1.54) is 51.4 Å². The van der Waals surface area contributed by atoms with Gasteiger partial charge in [0.15, 0.2) is 0 Å². The predicted molar refractivity (Wildman–Crippen MR) is 70.5 cm³/mol. The SMILES string of the molecule is O=C(O)CCN(C1CC1)C1CCCC(C2CC2)C1. The summed E-state index contributed by atoms with van der Waals surface area (Å²) in [5.74, 6) is 1.33. The van der Waals surface area contributed by atoms with Crippen molar-refractivity contribution in [2.75, 3.05) is 6.54 Å². The molecule has 3 aliphatic rings. The lowest BCUT2D eigenvalue weighted by Crippen LogP contribution is -2.41. The Labute approximate surface area is 110 Å². The largest absolute Gasteiger partial charge is 0.481 e. The van der Waals surface area contributed by atoms with E-state index in [1.54, 1.807) is 0 Å². The quantitative estimate of drug-likeness (QED) is 0.789. The average molecular weight is 251 g/mol.